The number of nitrogen functional groups attached to an aromatic ring is 1. The van der Waals surface area contributed by atoms with Crippen molar-refractivity contribution in [3.63, 3.8) is 0 Å². The number of benzene rings is 1. The molecule has 34 heavy (non-hydrogen) atoms. The van der Waals surface area contributed by atoms with Crippen LogP contribution in [0.25, 0.3) is 22.4 Å². The fourth-order valence-corrected chi connectivity index (χ4v) is 4.73. The van der Waals surface area contributed by atoms with E-state index in [0.717, 1.165) is 5.56 Å². The van der Waals surface area contributed by atoms with E-state index >= 15 is 0 Å². The maximum absolute atomic E-state index is 13.3. The number of ether oxygens (including phenoxy) is 2. The lowest BCUT2D eigenvalue weighted by atomic mass is 10.1. The smallest absolute Gasteiger partial charge is 0.224 e. The second kappa shape index (κ2) is 9.20. The van der Waals surface area contributed by atoms with Crippen LogP contribution in [-0.2, 0) is 0 Å². The third-order valence-electron chi connectivity index (χ3n) is 5.67. The number of nitrogens with zero attached hydrogens (tertiary/aromatic N) is 5. The number of Topliss-reactive ketones (excluding diaryl/α,β-unsaturated/α-hetero) is 1. The highest BCUT2D eigenvalue weighted by atomic mass is 32.1. The van der Waals surface area contributed by atoms with Gasteiger partial charge in [0, 0.05) is 25.2 Å². The number of carbonyl (C=O) groups is 1. The zero-order chi connectivity index (χ0) is 23.7. The lowest BCUT2D eigenvalue weighted by Gasteiger charge is -2.36. The number of hydrogen-bond acceptors (Lipinski definition) is 11. The number of carbonyl (C=O) groups excluding carboxylic acids is 1. The number of fused-ring (bicyclic) bond motifs is 1. The number of rotatable bonds is 6. The van der Waals surface area contributed by atoms with Gasteiger partial charge in [-0.05, 0) is 29.6 Å². The van der Waals surface area contributed by atoms with Gasteiger partial charge in [-0.1, -0.05) is 6.07 Å². The van der Waals surface area contributed by atoms with Crippen LogP contribution in [0.4, 0.5) is 11.8 Å². The monoisotopic (exact) mass is 477 g/mol. The number of piperazine rings is 1. The van der Waals surface area contributed by atoms with Crippen molar-refractivity contribution in [2.24, 2.45) is 0 Å². The van der Waals surface area contributed by atoms with Gasteiger partial charge in [-0.2, -0.15) is 9.97 Å². The molecule has 1 aromatic carbocycles. The van der Waals surface area contributed by atoms with Gasteiger partial charge in [0.2, 0.25) is 5.95 Å². The quantitative estimate of drug-likeness (QED) is 0.400. The Hall–Kier alpha value is -3.83. The van der Waals surface area contributed by atoms with Crippen molar-refractivity contribution in [1.82, 2.24) is 25.3 Å². The molecule has 0 spiro atoms. The van der Waals surface area contributed by atoms with Crippen LogP contribution >= 0.6 is 11.3 Å². The van der Waals surface area contributed by atoms with E-state index in [1.165, 1.54) is 11.3 Å². The normalized spacial score (nSPS) is 15.9. The van der Waals surface area contributed by atoms with Crippen LogP contribution in [0.1, 0.15) is 9.67 Å². The Kier molecular flexibility index (Phi) is 5.95. The van der Waals surface area contributed by atoms with Gasteiger partial charge in [0.15, 0.2) is 34.3 Å². The van der Waals surface area contributed by atoms with Gasteiger partial charge in [0.25, 0.3) is 0 Å². The molecule has 1 fully saturated rings. The average Bonchev–Trinajstić information content (AvgIpc) is 3.42. The van der Waals surface area contributed by atoms with Gasteiger partial charge in [-0.15, -0.1) is 11.3 Å². The third-order valence-corrected chi connectivity index (χ3v) is 6.55. The first-order valence-corrected chi connectivity index (χ1v) is 11.5. The number of methoxy groups -OCH3 is 2. The molecule has 3 aromatic heterocycles. The maximum atomic E-state index is 13.3. The molecule has 3 N–H and O–H groups in total. The van der Waals surface area contributed by atoms with E-state index < -0.39 is 6.04 Å². The lowest BCUT2D eigenvalue weighted by Crippen LogP contribution is -2.55. The molecule has 1 atom stereocenters. The molecule has 5 rings (SSSR count). The second-order valence-electron chi connectivity index (χ2n) is 7.66. The van der Waals surface area contributed by atoms with Gasteiger partial charge >= 0.3 is 0 Å². The van der Waals surface area contributed by atoms with Crippen molar-refractivity contribution >= 4 is 40.1 Å². The number of anilines is 2. The first-order valence-electron chi connectivity index (χ1n) is 10.7. The molecule has 1 saturated heterocycles. The van der Waals surface area contributed by atoms with Crippen LogP contribution in [0.3, 0.4) is 0 Å². The highest BCUT2D eigenvalue weighted by Crippen LogP contribution is 2.33. The highest BCUT2D eigenvalue weighted by molar-refractivity contribution is 7.12. The number of thiophene rings is 1. The van der Waals surface area contributed by atoms with E-state index in [4.69, 9.17) is 20.2 Å². The first kappa shape index (κ1) is 22.0. The molecule has 0 aliphatic carbocycles. The van der Waals surface area contributed by atoms with E-state index in [9.17, 15) is 4.79 Å². The summed E-state index contributed by atoms with van der Waals surface area (Å²) in [5, 5.41) is 5.20. The number of nitrogens with one attached hydrogen (secondary N) is 1. The van der Waals surface area contributed by atoms with E-state index in [2.05, 4.69) is 20.3 Å². The Morgan fingerprint density at radius 1 is 1.18 bits per heavy atom. The molecule has 4 aromatic rings. The van der Waals surface area contributed by atoms with Gasteiger partial charge in [0.1, 0.15) is 6.04 Å². The summed E-state index contributed by atoms with van der Waals surface area (Å²) in [7, 11) is 3.17. The van der Waals surface area contributed by atoms with E-state index in [0.29, 0.717) is 58.7 Å². The summed E-state index contributed by atoms with van der Waals surface area (Å²) in [5.41, 5.74) is 8.27. The summed E-state index contributed by atoms with van der Waals surface area (Å²) in [6.07, 6.45) is 1.63. The van der Waals surface area contributed by atoms with E-state index in [-0.39, 0.29) is 11.7 Å². The molecule has 0 amide bonds. The Labute approximate surface area is 199 Å². The Morgan fingerprint density at radius 2 is 2.03 bits per heavy atom. The van der Waals surface area contributed by atoms with Crippen molar-refractivity contribution in [2.45, 2.75) is 6.04 Å². The van der Waals surface area contributed by atoms with Gasteiger partial charge in [0.05, 0.1) is 31.0 Å². The highest BCUT2D eigenvalue weighted by Gasteiger charge is 2.32. The minimum atomic E-state index is -0.448. The van der Waals surface area contributed by atoms with Crippen LogP contribution in [-0.4, -0.2) is 65.6 Å². The van der Waals surface area contributed by atoms with Crippen molar-refractivity contribution in [3.8, 4) is 22.8 Å². The number of nitrogens with two attached hydrogens (primary N) is 1. The molecule has 4 heterocycles. The van der Waals surface area contributed by atoms with Gasteiger partial charge in [-0.25, -0.2) is 9.97 Å². The van der Waals surface area contributed by atoms with Crippen LogP contribution in [0.5, 0.6) is 11.5 Å². The lowest BCUT2D eigenvalue weighted by molar-refractivity contribution is 0.0954. The molecular weight excluding hydrogens is 454 g/mol. The molecule has 174 valence electrons. The van der Waals surface area contributed by atoms with Crippen LogP contribution in [0.15, 0.2) is 41.9 Å². The molecule has 11 heteroatoms. The van der Waals surface area contributed by atoms with Crippen molar-refractivity contribution in [2.75, 3.05) is 44.5 Å². The SMILES string of the molecule is COc1ccc(-c2cnc3nc(N)nc(N4CCNCC4C(=O)c4cccs4)c3n2)cc1OC. The summed E-state index contributed by atoms with van der Waals surface area (Å²) in [6.45, 7) is 1.75. The molecule has 0 saturated carbocycles. The Bertz CT molecular complexity index is 1350. The summed E-state index contributed by atoms with van der Waals surface area (Å²) in [6, 6.07) is 8.78. The Balaban J connectivity index is 1.61. The minimum absolute atomic E-state index is 0.0246. The number of hydrogen-bond donors (Lipinski definition) is 2. The van der Waals surface area contributed by atoms with Gasteiger partial charge in [-0.3, -0.25) is 4.79 Å². The van der Waals surface area contributed by atoms with Crippen molar-refractivity contribution in [3.05, 3.63) is 46.8 Å². The molecular formula is C23H23N7O3S. The summed E-state index contributed by atoms with van der Waals surface area (Å²) >= 11 is 1.42. The number of aromatic nitrogens is 4. The van der Waals surface area contributed by atoms with Crippen LogP contribution < -0.4 is 25.4 Å². The first-order chi connectivity index (χ1) is 16.6. The van der Waals surface area contributed by atoms with E-state index in [1.807, 2.05) is 40.6 Å². The number of ketones is 1. The molecule has 1 aliphatic heterocycles. The fraction of sp³-hybridized carbons (Fsp3) is 0.261. The van der Waals surface area contributed by atoms with E-state index in [1.54, 1.807) is 20.4 Å². The van der Waals surface area contributed by atoms with Gasteiger partial charge < -0.3 is 25.4 Å². The van der Waals surface area contributed by atoms with Crippen LogP contribution in [0, 0.1) is 0 Å². The van der Waals surface area contributed by atoms with Crippen molar-refractivity contribution in [1.29, 1.82) is 0 Å². The average molecular weight is 478 g/mol. The largest absolute Gasteiger partial charge is 0.493 e. The standard InChI is InChI=1S/C23H23N7O3S/c1-32-16-6-5-13(10-17(16)33-2)14-11-26-21-19(27-14)22(29-23(24)28-21)30-8-7-25-12-15(30)20(31)18-4-3-9-34-18/h3-6,9-11,15,25H,7-8,12H2,1-2H3,(H2,24,26,28,29). The third kappa shape index (κ3) is 3.99. The predicted octanol–water partition coefficient (Wildman–Crippen LogP) is 2.41. The van der Waals surface area contributed by atoms with Crippen LogP contribution in [0.2, 0.25) is 0 Å². The Morgan fingerprint density at radius 3 is 2.79 bits per heavy atom. The summed E-state index contributed by atoms with van der Waals surface area (Å²) in [4.78, 5) is 34.0. The summed E-state index contributed by atoms with van der Waals surface area (Å²) in [5.74, 6) is 1.80. The minimum Gasteiger partial charge on any atom is -0.493 e. The van der Waals surface area contributed by atoms with Crippen molar-refractivity contribution < 1.29 is 14.3 Å². The zero-order valence-electron chi connectivity index (χ0n) is 18.7. The zero-order valence-corrected chi connectivity index (χ0v) is 19.5. The molecule has 1 unspecified atom stereocenters. The maximum Gasteiger partial charge on any atom is 0.224 e. The topological polar surface area (TPSA) is 128 Å². The molecule has 1 aliphatic rings. The molecule has 10 nitrogen and oxygen atoms in total. The fourth-order valence-electron chi connectivity index (χ4n) is 4.02. The molecule has 0 radical (unpaired) electrons. The molecule has 0 bridgehead atoms. The second-order valence-corrected chi connectivity index (χ2v) is 8.61. The predicted molar refractivity (Wildman–Crippen MR) is 131 cm³/mol. The summed E-state index contributed by atoms with van der Waals surface area (Å²) < 4.78 is 10.8.